The van der Waals surface area contributed by atoms with Gasteiger partial charge in [-0.3, -0.25) is 14.2 Å². The van der Waals surface area contributed by atoms with Gasteiger partial charge in [0.1, 0.15) is 19.3 Å². The molecular formula is C77H153N2O7P. The Morgan fingerprint density at radius 3 is 0.943 bits per heavy atom. The first-order valence-electron chi connectivity index (χ1n) is 39.0. The van der Waals surface area contributed by atoms with Crippen LogP contribution in [-0.4, -0.2) is 69.4 Å². The first-order chi connectivity index (χ1) is 42.4. The van der Waals surface area contributed by atoms with Gasteiger partial charge in [-0.15, -0.1) is 0 Å². The zero-order chi connectivity index (χ0) is 63.5. The lowest BCUT2D eigenvalue weighted by atomic mass is 10.0. The molecule has 1 amide bonds. The summed E-state index contributed by atoms with van der Waals surface area (Å²) in [6.07, 6.45) is 82.2. The van der Waals surface area contributed by atoms with Gasteiger partial charge in [0, 0.05) is 12.8 Å². The predicted molar refractivity (Wildman–Crippen MR) is 377 cm³/mol. The molecule has 0 fully saturated rings. The van der Waals surface area contributed by atoms with Crippen molar-refractivity contribution in [3.8, 4) is 0 Å². The summed E-state index contributed by atoms with van der Waals surface area (Å²) in [4.78, 5) is 40.2. The Balaban J connectivity index is 4.85. The first-order valence-corrected chi connectivity index (χ1v) is 40.5. The van der Waals surface area contributed by atoms with Crippen LogP contribution in [0.1, 0.15) is 419 Å². The van der Waals surface area contributed by atoms with Crippen molar-refractivity contribution >= 4 is 19.7 Å². The summed E-state index contributed by atoms with van der Waals surface area (Å²) in [6, 6.07) is -0.881. The van der Waals surface area contributed by atoms with E-state index in [4.69, 9.17) is 13.8 Å². The second-order valence-electron chi connectivity index (χ2n) is 28.2. The van der Waals surface area contributed by atoms with Gasteiger partial charge < -0.3 is 28.5 Å². The molecule has 0 spiro atoms. The number of phosphoric acid groups is 1. The lowest BCUT2D eigenvalue weighted by Crippen LogP contribution is -2.47. The number of likely N-dealkylation sites (N-methyl/N-ethyl adjacent to an activating group) is 1. The van der Waals surface area contributed by atoms with E-state index in [2.05, 4.69) is 26.1 Å². The zero-order valence-electron chi connectivity index (χ0n) is 59.5. The van der Waals surface area contributed by atoms with Gasteiger partial charge in [-0.25, -0.2) is 0 Å². The summed E-state index contributed by atoms with van der Waals surface area (Å²) in [7, 11) is 1.22. The van der Waals surface area contributed by atoms with Gasteiger partial charge >= 0.3 is 5.97 Å². The number of esters is 1. The van der Waals surface area contributed by atoms with Gasteiger partial charge in [-0.1, -0.05) is 386 Å². The molecule has 0 aromatic carbocycles. The van der Waals surface area contributed by atoms with Crippen molar-refractivity contribution in [2.24, 2.45) is 0 Å². The number of ether oxygens (including phenoxy) is 1. The molecule has 0 aromatic rings. The summed E-state index contributed by atoms with van der Waals surface area (Å²) in [6.45, 7) is 6.93. The molecule has 0 radical (unpaired) electrons. The second-order valence-corrected chi connectivity index (χ2v) is 29.6. The molecule has 3 atom stereocenters. The molecule has 0 bridgehead atoms. The number of carbonyl (C=O) groups excluding carboxylic acids is 2. The van der Waals surface area contributed by atoms with E-state index in [-0.39, 0.29) is 31.5 Å². The molecular weight excluding hydrogens is 1100 g/mol. The predicted octanol–water partition coefficient (Wildman–Crippen LogP) is 24.4. The summed E-state index contributed by atoms with van der Waals surface area (Å²) in [5.74, 6) is -0.511. The number of hydrogen-bond acceptors (Lipinski definition) is 7. The van der Waals surface area contributed by atoms with Crippen LogP contribution in [0.15, 0.2) is 12.2 Å². The fourth-order valence-electron chi connectivity index (χ4n) is 12.2. The average Bonchev–Trinajstić information content (AvgIpc) is 3.70. The molecule has 87 heavy (non-hydrogen) atoms. The quantitative estimate of drug-likeness (QED) is 0.0212. The van der Waals surface area contributed by atoms with Crippen LogP contribution in [0.5, 0.6) is 0 Å². The highest BCUT2D eigenvalue weighted by atomic mass is 31.2. The number of unbranched alkanes of at least 4 members (excludes halogenated alkanes) is 57. The van der Waals surface area contributed by atoms with E-state index >= 15 is 0 Å². The number of allylic oxidation sites excluding steroid dienone is 1. The second kappa shape index (κ2) is 67.6. The van der Waals surface area contributed by atoms with Crippen LogP contribution in [0.25, 0.3) is 0 Å². The molecule has 0 aromatic heterocycles. The fourth-order valence-corrected chi connectivity index (χ4v) is 13.0. The normalized spacial score (nSPS) is 13.4. The standard InChI is InChI=1S/C77H153N2O7P/c1-7-10-13-16-19-22-25-27-29-31-33-35-37-38-39-40-42-44-46-48-50-52-55-58-61-64-67-70-77(81)86-75(68-65-62-59-56-53-24-21-18-15-12-9-3)74(73-85-87(82,83)84-72-71-79(4,5)6)78-76(80)69-66-63-60-57-54-51-49-47-45-43-41-36-34-32-30-28-26-23-20-17-14-11-8-2/h65,68,74-75H,7-64,66-67,69-73H2,1-6H3,(H-,78,80,82,83)/b68-65+. The van der Waals surface area contributed by atoms with Crippen molar-refractivity contribution in [1.29, 1.82) is 0 Å². The monoisotopic (exact) mass is 1250 g/mol. The topological polar surface area (TPSA) is 114 Å². The van der Waals surface area contributed by atoms with E-state index in [0.29, 0.717) is 17.4 Å². The highest BCUT2D eigenvalue weighted by Gasteiger charge is 2.27. The van der Waals surface area contributed by atoms with Gasteiger partial charge in [-0.05, 0) is 31.8 Å². The molecule has 0 saturated heterocycles. The van der Waals surface area contributed by atoms with Gasteiger partial charge in [0.25, 0.3) is 7.82 Å². The highest BCUT2D eigenvalue weighted by molar-refractivity contribution is 7.45. The number of amides is 1. The molecule has 1 N–H and O–H groups in total. The highest BCUT2D eigenvalue weighted by Crippen LogP contribution is 2.38. The molecule has 518 valence electrons. The Kier molecular flexibility index (Phi) is 66.7. The van der Waals surface area contributed by atoms with Gasteiger partial charge in [0.2, 0.25) is 5.91 Å². The van der Waals surface area contributed by atoms with Crippen molar-refractivity contribution in [3.05, 3.63) is 12.2 Å². The minimum Gasteiger partial charge on any atom is -0.756 e. The number of quaternary nitrogens is 1. The minimum atomic E-state index is -4.70. The largest absolute Gasteiger partial charge is 0.756 e. The van der Waals surface area contributed by atoms with Crippen molar-refractivity contribution in [2.45, 2.75) is 431 Å². The average molecular weight is 1250 g/mol. The third kappa shape index (κ3) is 68.9. The van der Waals surface area contributed by atoms with Crippen LogP contribution in [0.2, 0.25) is 0 Å². The molecule has 0 saturated carbocycles. The molecule has 9 nitrogen and oxygen atoms in total. The van der Waals surface area contributed by atoms with E-state index in [1.807, 2.05) is 33.3 Å². The molecule has 0 aliphatic heterocycles. The first kappa shape index (κ1) is 85.8. The SMILES string of the molecule is CCCCCCCCCCC/C=C/C(OC(=O)CCCCCCCCCCCCCCCCCCCCCCCCCCCCC)C(COP(=O)([O-])OCC[N+](C)(C)C)NC(=O)CCCCCCCCCCCCCCCCCCCCCCCCC. The van der Waals surface area contributed by atoms with E-state index in [9.17, 15) is 19.0 Å². The van der Waals surface area contributed by atoms with Crippen molar-refractivity contribution in [2.75, 3.05) is 40.9 Å². The summed E-state index contributed by atoms with van der Waals surface area (Å²) < 4.78 is 30.5. The van der Waals surface area contributed by atoms with Crippen molar-refractivity contribution < 1.29 is 37.3 Å². The zero-order valence-corrected chi connectivity index (χ0v) is 60.4. The lowest BCUT2D eigenvalue weighted by Gasteiger charge is -2.30. The Morgan fingerprint density at radius 1 is 0.391 bits per heavy atom. The van der Waals surface area contributed by atoms with Gasteiger partial charge in [0.15, 0.2) is 0 Å². The molecule has 0 aliphatic carbocycles. The summed E-state index contributed by atoms with van der Waals surface area (Å²) in [5, 5.41) is 3.06. The van der Waals surface area contributed by atoms with Crippen LogP contribution in [0.3, 0.4) is 0 Å². The van der Waals surface area contributed by atoms with E-state index in [1.165, 1.54) is 327 Å². The van der Waals surface area contributed by atoms with E-state index < -0.39 is 20.0 Å². The van der Waals surface area contributed by atoms with Crippen molar-refractivity contribution in [1.82, 2.24) is 5.32 Å². The Hall–Kier alpha value is -1.25. The third-order valence-electron chi connectivity index (χ3n) is 18.2. The van der Waals surface area contributed by atoms with Crippen LogP contribution in [0.4, 0.5) is 0 Å². The maximum Gasteiger partial charge on any atom is 0.306 e. The number of rotatable bonds is 73. The minimum absolute atomic E-state index is 0.0163. The number of nitrogens with one attached hydrogen (secondary N) is 1. The maximum atomic E-state index is 13.6. The maximum absolute atomic E-state index is 13.6. The summed E-state index contributed by atoms with van der Waals surface area (Å²) >= 11 is 0. The van der Waals surface area contributed by atoms with E-state index in [0.717, 1.165) is 57.8 Å². The Labute approximate surface area is 543 Å². The lowest BCUT2D eigenvalue weighted by molar-refractivity contribution is -0.870. The van der Waals surface area contributed by atoms with E-state index in [1.54, 1.807) is 0 Å². The number of hydrogen-bond donors (Lipinski definition) is 1. The Morgan fingerprint density at radius 2 is 0.655 bits per heavy atom. The number of carbonyl (C=O) groups is 2. The van der Waals surface area contributed by atoms with Crippen LogP contribution >= 0.6 is 7.82 Å². The third-order valence-corrected chi connectivity index (χ3v) is 19.2. The van der Waals surface area contributed by atoms with Gasteiger partial charge in [0.05, 0.1) is 33.8 Å². The van der Waals surface area contributed by atoms with Crippen LogP contribution in [0, 0.1) is 0 Å². The fraction of sp³-hybridized carbons (Fsp3) is 0.948. The van der Waals surface area contributed by atoms with Gasteiger partial charge in [-0.2, -0.15) is 0 Å². The number of nitrogens with zero attached hydrogens (tertiary/aromatic N) is 1. The Bertz CT molecular complexity index is 1490. The number of phosphoric ester groups is 1. The molecule has 3 unspecified atom stereocenters. The molecule has 0 rings (SSSR count). The van der Waals surface area contributed by atoms with Crippen LogP contribution in [-0.2, 0) is 27.9 Å². The summed E-state index contributed by atoms with van der Waals surface area (Å²) in [5.41, 5.74) is 0. The molecule has 0 heterocycles. The van der Waals surface area contributed by atoms with Crippen molar-refractivity contribution in [3.63, 3.8) is 0 Å². The van der Waals surface area contributed by atoms with Crippen LogP contribution < -0.4 is 10.2 Å². The smallest absolute Gasteiger partial charge is 0.306 e. The molecule has 0 aliphatic rings. The molecule has 10 heteroatoms.